The number of nitrogens with one attached hydrogen (secondary N) is 1. The number of hydrogen-bond acceptors (Lipinski definition) is 2. The molecule has 0 rings (SSSR count). The lowest BCUT2D eigenvalue weighted by Crippen LogP contribution is -2.41. The number of hydrogen-bond donors (Lipinski definition) is 1. The van der Waals surface area contributed by atoms with Crippen molar-refractivity contribution in [2.24, 2.45) is 4.99 Å². The van der Waals surface area contributed by atoms with Gasteiger partial charge >= 0.3 is 0 Å². The molecule has 1 amide bonds. The van der Waals surface area contributed by atoms with Crippen molar-refractivity contribution in [3.63, 3.8) is 0 Å². The first-order valence-corrected chi connectivity index (χ1v) is 6.22. The molecule has 0 radical (unpaired) electrons. The van der Waals surface area contributed by atoms with Gasteiger partial charge in [0.05, 0.1) is 0 Å². The third-order valence-electron chi connectivity index (χ3n) is 2.28. The third-order valence-corrected chi connectivity index (χ3v) is 2.28. The second-order valence-corrected chi connectivity index (χ2v) is 5.05. The number of rotatable bonds is 6. The molecule has 19 heavy (non-hydrogen) atoms. The van der Waals surface area contributed by atoms with Crippen LogP contribution in [0.15, 0.2) is 29.3 Å². The Morgan fingerprint density at radius 3 is 2.16 bits per heavy atom. The monoisotopic (exact) mass is 266 g/mol. The van der Waals surface area contributed by atoms with Crippen LogP contribution in [0.1, 0.15) is 13.8 Å². The fourth-order valence-electron chi connectivity index (χ4n) is 1.31. The summed E-state index contributed by atoms with van der Waals surface area (Å²) in [6.07, 6.45) is 0. The summed E-state index contributed by atoms with van der Waals surface area (Å²) in [4.78, 5) is 19.4. The van der Waals surface area contributed by atoms with Crippen molar-refractivity contribution in [2.75, 3.05) is 40.8 Å². The molecule has 0 aromatic rings. The van der Waals surface area contributed by atoms with Gasteiger partial charge in [-0.1, -0.05) is 24.3 Å². The van der Waals surface area contributed by atoms with E-state index in [0.717, 1.165) is 11.1 Å². The van der Waals surface area contributed by atoms with Gasteiger partial charge in [0.2, 0.25) is 5.91 Å². The van der Waals surface area contributed by atoms with E-state index in [0.29, 0.717) is 19.0 Å². The van der Waals surface area contributed by atoms with Gasteiger partial charge < -0.3 is 15.1 Å². The van der Waals surface area contributed by atoms with E-state index in [4.69, 9.17) is 0 Å². The first kappa shape index (κ1) is 17.2. The number of carbonyl (C=O) groups is 1. The zero-order valence-corrected chi connectivity index (χ0v) is 12.8. The Morgan fingerprint density at radius 2 is 1.74 bits per heavy atom. The van der Waals surface area contributed by atoms with Gasteiger partial charge in [-0.3, -0.25) is 4.79 Å². The first-order valence-electron chi connectivity index (χ1n) is 6.22. The van der Waals surface area contributed by atoms with Crippen LogP contribution in [0.25, 0.3) is 0 Å². The van der Waals surface area contributed by atoms with Gasteiger partial charge in [-0.25, -0.2) is 4.99 Å². The van der Waals surface area contributed by atoms with Gasteiger partial charge in [0, 0.05) is 34.2 Å². The fourth-order valence-corrected chi connectivity index (χ4v) is 1.31. The molecule has 0 unspecified atom stereocenters. The molecular weight excluding hydrogens is 240 g/mol. The van der Waals surface area contributed by atoms with Crippen LogP contribution < -0.4 is 5.32 Å². The van der Waals surface area contributed by atoms with E-state index in [1.807, 2.05) is 25.8 Å². The number of aliphatic imine (C=N–C) groups is 1. The van der Waals surface area contributed by atoms with E-state index in [2.05, 4.69) is 23.5 Å². The highest BCUT2D eigenvalue weighted by molar-refractivity contribution is 5.84. The van der Waals surface area contributed by atoms with Crippen LogP contribution in [0, 0.1) is 0 Å². The van der Waals surface area contributed by atoms with Crippen LogP contribution in [0.2, 0.25) is 0 Å². The molecule has 0 fully saturated rings. The van der Waals surface area contributed by atoms with Crippen LogP contribution in [-0.4, -0.2) is 62.4 Å². The van der Waals surface area contributed by atoms with Crippen LogP contribution in [0.3, 0.4) is 0 Å². The zero-order valence-electron chi connectivity index (χ0n) is 12.8. The molecule has 0 spiro atoms. The average molecular weight is 266 g/mol. The van der Waals surface area contributed by atoms with Crippen LogP contribution >= 0.6 is 0 Å². The van der Waals surface area contributed by atoms with Crippen molar-refractivity contribution in [3.8, 4) is 0 Å². The number of likely N-dealkylation sites (N-methyl/N-ethyl adjacent to an activating group) is 2. The van der Waals surface area contributed by atoms with Crippen molar-refractivity contribution >= 4 is 11.9 Å². The molecule has 0 heterocycles. The van der Waals surface area contributed by atoms with Crippen molar-refractivity contribution in [1.29, 1.82) is 0 Å². The van der Waals surface area contributed by atoms with Gasteiger partial charge in [0.25, 0.3) is 0 Å². The van der Waals surface area contributed by atoms with Crippen molar-refractivity contribution < 1.29 is 4.79 Å². The largest absolute Gasteiger partial charge is 0.353 e. The summed E-state index contributed by atoms with van der Waals surface area (Å²) in [5, 5.41) is 3.18. The molecule has 0 aliphatic rings. The minimum atomic E-state index is -0.0293. The van der Waals surface area contributed by atoms with E-state index in [1.54, 1.807) is 14.1 Å². The van der Waals surface area contributed by atoms with E-state index in [-0.39, 0.29) is 12.5 Å². The molecule has 5 heteroatoms. The maximum absolute atomic E-state index is 11.6. The van der Waals surface area contributed by atoms with E-state index < -0.39 is 0 Å². The lowest BCUT2D eigenvalue weighted by Gasteiger charge is -2.23. The number of guanidine groups is 1. The van der Waals surface area contributed by atoms with Gasteiger partial charge in [0.15, 0.2) is 5.96 Å². The molecule has 0 bridgehead atoms. The number of nitrogens with zero attached hydrogens (tertiary/aromatic N) is 3. The molecule has 0 aliphatic carbocycles. The van der Waals surface area contributed by atoms with Crippen LogP contribution in [0.4, 0.5) is 0 Å². The molecule has 0 saturated heterocycles. The van der Waals surface area contributed by atoms with Crippen molar-refractivity contribution in [2.45, 2.75) is 13.8 Å². The van der Waals surface area contributed by atoms with Gasteiger partial charge in [-0.2, -0.15) is 0 Å². The van der Waals surface area contributed by atoms with Crippen LogP contribution in [-0.2, 0) is 4.79 Å². The quantitative estimate of drug-likeness (QED) is 0.445. The maximum Gasteiger partial charge on any atom is 0.243 e. The fraction of sp³-hybridized carbons (Fsp3) is 0.571. The van der Waals surface area contributed by atoms with Crippen molar-refractivity contribution in [1.82, 2.24) is 15.1 Å². The Bertz CT molecular complexity index is 372. The summed E-state index contributed by atoms with van der Waals surface area (Å²) in [5.74, 6) is 0.652. The molecule has 0 aliphatic heterocycles. The zero-order chi connectivity index (χ0) is 15.0. The summed E-state index contributed by atoms with van der Waals surface area (Å²) >= 11 is 0. The van der Waals surface area contributed by atoms with E-state index >= 15 is 0 Å². The lowest BCUT2D eigenvalue weighted by molar-refractivity contribution is -0.127. The molecule has 0 aromatic heterocycles. The topological polar surface area (TPSA) is 47.9 Å². The Morgan fingerprint density at radius 1 is 1.16 bits per heavy atom. The SMILES string of the molecule is C=C(C)CNC(=NCC(=O)N(C)C)N(C)CC(=C)C. The summed E-state index contributed by atoms with van der Waals surface area (Å²) in [7, 11) is 5.35. The standard InChI is InChI=1S/C14H26N4O/c1-11(2)8-15-14(18(7)10-12(3)4)16-9-13(19)17(5)6/h1,3,8-10H2,2,4-7H3,(H,15,16). The highest BCUT2D eigenvalue weighted by Gasteiger charge is 2.08. The van der Waals surface area contributed by atoms with Crippen molar-refractivity contribution in [3.05, 3.63) is 24.3 Å². The highest BCUT2D eigenvalue weighted by atomic mass is 16.2. The molecule has 0 atom stereocenters. The Labute approximate surface area is 116 Å². The Kier molecular flexibility index (Phi) is 7.56. The molecule has 108 valence electrons. The molecule has 0 aromatic carbocycles. The summed E-state index contributed by atoms with van der Waals surface area (Å²) in [5.41, 5.74) is 2.04. The summed E-state index contributed by atoms with van der Waals surface area (Å²) in [6.45, 7) is 13.1. The normalized spacial score (nSPS) is 10.9. The molecule has 5 nitrogen and oxygen atoms in total. The van der Waals surface area contributed by atoms with Gasteiger partial charge in [-0.15, -0.1) is 0 Å². The summed E-state index contributed by atoms with van der Waals surface area (Å²) in [6, 6.07) is 0. The summed E-state index contributed by atoms with van der Waals surface area (Å²) < 4.78 is 0. The number of amides is 1. The first-order chi connectivity index (χ1) is 8.73. The van der Waals surface area contributed by atoms with Gasteiger partial charge in [0.1, 0.15) is 6.54 Å². The molecular formula is C14H26N4O. The second kappa shape index (κ2) is 8.34. The average Bonchev–Trinajstić information content (AvgIpc) is 2.26. The predicted molar refractivity (Wildman–Crippen MR) is 81.3 cm³/mol. The van der Waals surface area contributed by atoms with E-state index in [9.17, 15) is 4.79 Å². The van der Waals surface area contributed by atoms with Crippen LogP contribution in [0.5, 0.6) is 0 Å². The number of carbonyl (C=O) groups excluding carboxylic acids is 1. The molecule has 0 saturated carbocycles. The lowest BCUT2D eigenvalue weighted by atomic mass is 10.3. The Hall–Kier alpha value is -1.78. The smallest absolute Gasteiger partial charge is 0.243 e. The minimum absolute atomic E-state index is 0.0293. The highest BCUT2D eigenvalue weighted by Crippen LogP contribution is 1.95. The second-order valence-electron chi connectivity index (χ2n) is 5.05. The Balaban J connectivity index is 4.73. The predicted octanol–water partition coefficient (Wildman–Crippen LogP) is 1.10. The third kappa shape index (κ3) is 8.02. The molecule has 1 N–H and O–H groups in total. The van der Waals surface area contributed by atoms with E-state index in [1.165, 1.54) is 4.90 Å². The maximum atomic E-state index is 11.6. The van der Waals surface area contributed by atoms with Gasteiger partial charge in [-0.05, 0) is 13.8 Å². The minimum Gasteiger partial charge on any atom is -0.353 e.